The van der Waals surface area contributed by atoms with Crippen LogP contribution in [0.1, 0.15) is 40.7 Å². The molecule has 0 atom stereocenters. The Kier molecular flexibility index (Phi) is 8.57. The maximum Gasteiger partial charge on any atom is 0.303 e. The molecule has 3 rings (SSSR count). The average molecular weight is 470 g/mol. The van der Waals surface area contributed by atoms with E-state index in [2.05, 4.69) is 11.9 Å². The summed E-state index contributed by atoms with van der Waals surface area (Å²) in [6.07, 6.45) is 1.80. The molecule has 0 bridgehead atoms. The molecule has 35 heavy (non-hydrogen) atoms. The van der Waals surface area contributed by atoms with Crippen LogP contribution in [0, 0.1) is 26.2 Å². The third-order valence-electron chi connectivity index (χ3n) is 5.55. The predicted molar refractivity (Wildman–Crippen MR) is 144 cm³/mol. The number of hydrogen-bond donors (Lipinski definition) is 3. The number of benzene rings is 3. The fourth-order valence-corrected chi connectivity index (χ4v) is 3.49. The molecule has 0 radical (unpaired) electrons. The van der Waals surface area contributed by atoms with E-state index in [-0.39, 0.29) is 6.42 Å². The van der Waals surface area contributed by atoms with Crippen LogP contribution in [0.2, 0.25) is 0 Å². The van der Waals surface area contributed by atoms with Crippen molar-refractivity contribution in [2.24, 2.45) is 4.99 Å². The van der Waals surface area contributed by atoms with Crippen molar-refractivity contribution >= 4 is 35.0 Å². The SMILES string of the molecule is C=C(Nc1cc(/C(C=N)=N/c2cc(C)ccc2C)ccc1C)c1cccc(OCCCC(=O)O)c1. The summed E-state index contributed by atoms with van der Waals surface area (Å²) in [5.74, 6) is -0.171. The first-order chi connectivity index (χ1) is 16.8. The largest absolute Gasteiger partial charge is 0.494 e. The topological polar surface area (TPSA) is 94.8 Å². The van der Waals surface area contributed by atoms with Crippen LogP contribution in [0.4, 0.5) is 11.4 Å². The molecule has 0 fully saturated rings. The third kappa shape index (κ3) is 7.14. The predicted octanol–water partition coefficient (Wildman–Crippen LogP) is 6.71. The molecular weight excluding hydrogens is 438 g/mol. The molecule has 3 aromatic carbocycles. The zero-order valence-electron chi connectivity index (χ0n) is 20.4. The summed E-state index contributed by atoms with van der Waals surface area (Å²) < 4.78 is 5.69. The highest BCUT2D eigenvalue weighted by Crippen LogP contribution is 2.26. The van der Waals surface area contributed by atoms with Crippen molar-refractivity contribution in [3.05, 3.63) is 95.1 Å². The number of carboxylic acid groups (broad SMARTS) is 1. The number of aliphatic imine (C=N–C) groups is 1. The second-order valence-corrected chi connectivity index (χ2v) is 8.44. The lowest BCUT2D eigenvalue weighted by Crippen LogP contribution is -2.05. The van der Waals surface area contributed by atoms with Gasteiger partial charge in [-0.05, 0) is 68.1 Å². The molecule has 180 valence electrons. The van der Waals surface area contributed by atoms with E-state index >= 15 is 0 Å². The minimum atomic E-state index is -0.831. The van der Waals surface area contributed by atoms with Gasteiger partial charge >= 0.3 is 5.97 Å². The maximum absolute atomic E-state index is 10.7. The molecule has 0 aliphatic carbocycles. The molecule has 0 saturated carbocycles. The highest BCUT2D eigenvalue weighted by Gasteiger charge is 2.09. The lowest BCUT2D eigenvalue weighted by atomic mass is 10.0. The minimum Gasteiger partial charge on any atom is -0.494 e. The number of anilines is 1. The Balaban J connectivity index is 1.79. The summed E-state index contributed by atoms with van der Waals surface area (Å²) in [7, 11) is 0. The number of rotatable bonds is 11. The van der Waals surface area contributed by atoms with Crippen molar-refractivity contribution < 1.29 is 14.6 Å². The van der Waals surface area contributed by atoms with Crippen LogP contribution < -0.4 is 10.1 Å². The van der Waals surface area contributed by atoms with Crippen LogP contribution in [0.15, 0.2) is 72.2 Å². The number of nitrogens with zero attached hydrogens (tertiary/aromatic N) is 1. The lowest BCUT2D eigenvalue weighted by Gasteiger charge is -2.15. The molecule has 0 heterocycles. The van der Waals surface area contributed by atoms with Gasteiger partial charge < -0.3 is 20.6 Å². The number of aliphatic carboxylic acids is 1. The highest BCUT2D eigenvalue weighted by atomic mass is 16.5. The summed E-state index contributed by atoms with van der Waals surface area (Å²) in [6.45, 7) is 10.6. The lowest BCUT2D eigenvalue weighted by molar-refractivity contribution is -0.137. The van der Waals surface area contributed by atoms with E-state index < -0.39 is 5.97 Å². The first kappa shape index (κ1) is 25.4. The molecule has 6 heteroatoms. The van der Waals surface area contributed by atoms with Gasteiger partial charge in [-0.25, -0.2) is 4.99 Å². The van der Waals surface area contributed by atoms with Crippen LogP contribution in [-0.2, 0) is 4.79 Å². The third-order valence-corrected chi connectivity index (χ3v) is 5.55. The van der Waals surface area contributed by atoms with Gasteiger partial charge in [-0.3, -0.25) is 4.79 Å². The second kappa shape index (κ2) is 11.8. The number of ether oxygens (including phenoxy) is 1. The van der Waals surface area contributed by atoms with Crippen molar-refractivity contribution in [1.29, 1.82) is 5.41 Å². The molecule has 3 aromatic rings. The van der Waals surface area contributed by atoms with Gasteiger partial charge in [0.25, 0.3) is 0 Å². The summed E-state index contributed by atoms with van der Waals surface area (Å²) in [5, 5.41) is 20.1. The van der Waals surface area contributed by atoms with Crippen molar-refractivity contribution in [3.8, 4) is 5.75 Å². The summed E-state index contributed by atoms with van der Waals surface area (Å²) in [5.41, 5.74) is 7.90. The molecule has 0 aliphatic heterocycles. The Morgan fingerprint density at radius 3 is 2.57 bits per heavy atom. The van der Waals surface area contributed by atoms with Crippen LogP contribution >= 0.6 is 0 Å². The Morgan fingerprint density at radius 2 is 1.83 bits per heavy atom. The first-order valence-electron chi connectivity index (χ1n) is 11.4. The molecular formula is C29H31N3O3. The molecule has 3 N–H and O–H groups in total. The van der Waals surface area contributed by atoms with Gasteiger partial charge in [0.1, 0.15) is 5.75 Å². The smallest absolute Gasteiger partial charge is 0.303 e. The van der Waals surface area contributed by atoms with Crippen molar-refractivity contribution in [2.45, 2.75) is 33.6 Å². The quantitative estimate of drug-likeness (QED) is 0.215. The standard InChI is InChI=1S/C29H31N3O3/c1-19-10-11-20(2)26(15-19)32-28(18-30)24-13-12-21(3)27(17-24)31-22(4)23-7-5-8-25(16-23)35-14-6-9-29(33)34/h5,7-8,10-13,15-18,30-31H,4,6,9,14H2,1-3H3,(H,33,34)/b30-18?,32-28+. The molecule has 0 spiro atoms. The molecule has 6 nitrogen and oxygen atoms in total. The van der Waals surface area contributed by atoms with Crippen LogP contribution in [0.3, 0.4) is 0 Å². The monoisotopic (exact) mass is 469 g/mol. The number of carboxylic acids is 1. The number of hydrogen-bond acceptors (Lipinski definition) is 5. The summed E-state index contributed by atoms with van der Waals surface area (Å²) in [6, 6.07) is 19.6. The molecule has 0 saturated heterocycles. The van der Waals surface area contributed by atoms with Crippen LogP contribution in [0.25, 0.3) is 5.70 Å². The first-order valence-corrected chi connectivity index (χ1v) is 11.4. The molecule has 0 amide bonds. The molecule has 0 aliphatic rings. The number of aryl methyl sites for hydroxylation is 3. The van der Waals surface area contributed by atoms with Gasteiger partial charge in [-0.1, -0.05) is 43.0 Å². The zero-order chi connectivity index (χ0) is 25.4. The van der Waals surface area contributed by atoms with E-state index in [0.29, 0.717) is 30.2 Å². The number of carbonyl (C=O) groups is 1. The van der Waals surface area contributed by atoms with E-state index in [9.17, 15) is 4.79 Å². The normalized spacial score (nSPS) is 11.1. The van der Waals surface area contributed by atoms with E-state index in [1.807, 2.05) is 81.4 Å². The fraction of sp³-hybridized carbons (Fsp3) is 0.207. The molecule has 0 unspecified atom stereocenters. The van der Waals surface area contributed by atoms with Crippen LogP contribution in [-0.4, -0.2) is 29.6 Å². The van der Waals surface area contributed by atoms with Gasteiger partial charge in [0.15, 0.2) is 0 Å². The van der Waals surface area contributed by atoms with Crippen LogP contribution in [0.5, 0.6) is 5.75 Å². The van der Waals surface area contributed by atoms with Gasteiger partial charge in [0.2, 0.25) is 0 Å². The summed E-state index contributed by atoms with van der Waals surface area (Å²) in [4.78, 5) is 15.4. The van der Waals surface area contributed by atoms with Gasteiger partial charge in [-0.15, -0.1) is 0 Å². The number of nitrogens with one attached hydrogen (secondary N) is 2. The average Bonchev–Trinajstić information content (AvgIpc) is 2.84. The zero-order valence-corrected chi connectivity index (χ0v) is 20.4. The van der Waals surface area contributed by atoms with Gasteiger partial charge in [0, 0.05) is 35.1 Å². The van der Waals surface area contributed by atoms with E-state index in [4.69, 9.17) is 20.2 Å². The highest BCUT2D eigenvalue weighted by molar-refractivity contribution is 6.38. The Labute approximate surface area is 206 Å². The van der Waals surface area contributed by atoms with E-state index in [1.165, 1.54) is 6.21 Å². The van der Waals surface area contributed by atoms with E-state index in [0.717, 1.165) is 39.2 Å². The Morgan fingerprint density at radius 1 is 1.06 bits per heavy atom. The van der Waals surface area contributed by atoms with Gasteiger partial charge in [0.05, 0.1) is 18.0 Å². The minimum absolute atomic E-state index is 0.0774. The summed E-state index contributed by atoms with van der Waals surface area (Å²) >= 11 is 0. The Bertz CT molecular complexity index is 1280. The second-order valence-electron chi connectivity index (χ2n) is 8.44. The van der Waals surface area contributed by atoms with E-state index in [1.54, 1.807) is 0 Å². The molecule has 0 aromatic heterocycles. The Hall–Kier alpha value is -4.19. The van der Waals surface area contributed by atoms with Crippen molar-refractivity contribution in [2.75, 3.05) is 11.9 Å². The maximum atomic E-state index is 10.7. The van der Waals surface area contributed by atoms with Gasteiger partial charge in [-0.2, -0.15) is 0 Å². The van der Waals surface area contributed by atoms with Crippen molar-refractivity contribution in [3.63, 3.8) is 0 Å². The fourth-order valence-electron chi connectivity index (χ4n) is 3.49. The van der Waals surface area contributed by atoms with Crippen molar-refractivity contribution in [1.82, 2.24) is 0 Å².